The highest BCUT2D eigenvalue weighted by molar-refractivity contribution is 5.84. The van der Waals surface area contributed by atoms with E-state index in [9.17, 15) is 0 Å². The summed E-state index contributed by atoms with van der Waals surface area (Å²) in [6, 6.07) is 19.3. The average Bonchev–Trinajstić information content (AvgIpc) is 3.11. The first-order valence-corrected chi connectivity index (χ1v) is 8.17. The minimum atomic E-state index is 0.520. The number of ether oxygens (including phenoxy) is 2. The number of para-hydroxylation sites is 1. The molecule has 0 bridgehead atoms. The maximum Gasteiger partial charge on any atom is 0.227 e. The van der Waals surface area contributed by atoms with Crippen molar-refractivity contribution in [1.29, 1.82) is 0 Å². The molecule has 1 heterocycles. The van der Waals surface area contributed by atoms with Crippen LogP contribution in [0.2, 0.25) is 0 Å². The summed E-state index contributed by atoms with van der Waals surface area (Å²) in [7, 11) is 3.25. The molecule has 26 heavy (non-hydrogen) atoms. The minimum Gasteiger partial charge on any atom is -0.496 e. The summed E-state index contributed by atoms with van der Waals surface area (Å²) in [5, 5.41) is 0. The first-order chi connectivity index (χ1) is 12.7. The third-order valence-electron chi connectivity index (χ3n) is 4.28. The van der Waals surface area contributed by atoms with Gasteiger partial charge in [-0.1, -0.05) is 24.3 Å². The van der Waals surface area contributed by atoms with Gasteiger partial charge in [-0.3, -0.25) is 0 Å². The lowest BCUT2D eigenvalue weighted by atomic mass is 10.0. The lowest BCUT2D eigenvalue weighted by Crippen LogP contribution is -1.92. The van der Waals surface area contributed by atoms with Crippen LogP contribution in [0.5, 0.6) is 11.5 Å². The molecule has 4 aromatic rings. The molecule has 5 nitrogen and oxygen atoms in total. The van der Waals surface area contributed by atoms with E-state index in [1.54, 1.807) is 26.4 Å². The molecule has 130 valence electrons. The number of nitrogen functional groups attached to an aromatic ring is 1. The Bertz CT molecular complexity index is 1090. The highest BCUT2D eigenvalue weighted by Gasteiger charge is 2.12. The molecule has 2 N–H and O–H groups in total. The molecule has 5 heteroatoms. The third-order valence-corrected chi connectivity index (χ3v) is 4.28. The molecule has 4 rings (SSSR count). The smallest absolute Gasteiger partial charge is 0.227 e. The SMILES string of the molecule is COc1ccc(-c2nc3cc(-c4ccccc4OC)ccc3o2)cc1N. The van der Waals surface area contributed by atoms with E-state index in [2.05, 4.69) is 4.98 Å². The summed E-state index contributed by atoms with van der Waals surface area (Å²) in [5.41, 5.74) is 10.9. The maximum absolute atomic E-state index is 5.99. The molecule has 0 amide bonds. The number of fused-ring (bicyclic) bond motifs is 1. The fraction of sp³-hybridized carbons (Fsp3) is 0.0952. The highest BCUT2D eigenvalue weighted by Crippen LogP contribution is 2.34. The number of benzene rings is 3. The number of methoxy groups -OCH3 is 2. The molecule has 0 fully saturated rings. The first-order valence-electron chi connectivity index (χ1n) is 8.17. The number of aromatic nitrogens is 1. The number of anilines is 1. The van der Waals surface area contributed by atoms with Gasteiger partial charge in [-0.15, -0.1) is 0 Å². The number of hydrogen-bond acceptors (Lipinski definition) is 5. The van der Waals surface area contributed by atoms with E-state index in [0.717, 1.165) is 28.0 Å². The van der Waals surface area contributed by atoms with Gasteiger partial charge in [0.15, 0.2) is 5.58 Å². The van der Waals surface area contributed by atoms with E-state index in [4.69, 9.17) is 19.6 Å². The van der Waals surface area contributed by atoms with Gasteiger partial charge >= 0.3 is 0 Å². The number of rotatable bonds is 4. The van der Waals surface area contributed by atoms with Crippen LogP contribution in [0.3, 0.4) is 0 Å². The van der Waals surface area contributed by atoms with Crippen LogP contribution >= 0.6 is 0 Å². The van der Waals surface area contributed by atoms with Gasteiger partial charge in [-0.05, 0) is 42.0 Å². The van der Waals surface area contributed by atoms with Gasteiger partial charge in [0.1, 0.15) is 17.0 Å². The Hall–Kier alpha value is -3.47. The van der Waals surface area contributed by atoms with Crippen LogP contribution in [0.15, 0.2) is 65.1 Å². The summed E-state index contributed by atoms with van der Waals surface area (Å²) in [6.07, 6.45) is 0. The van der Waals surface area contributed by atoms with Gasteiger partial charge in [-0.25, -0.2) is 4.98 Å². The fourth-order valence-corrected chi connectivity index (χ4v) is 2.97. The molecule has 0 radical (unpaired) electrons. The van der Waals surface area contributed by atoms with Crippen molar-refractivity contribution in [2.75, 3.05) is 20.0 Å². The van der Waals surface area contributed by atoms with E-state index in [0.29, 0.717) is 22.9 Å². The van der Waals surface area contributed by atoms with Crippen LogP contribution in [0, 0.1) is 0 Å². The molecular weight excluding hydrogens is 328 g/mol. The molecular formula is C21H18N2O3. The van der Waals surface area contributed by atoms with Crippen molar-refractivity contribution in [3.8, 4) is 34.1 Å². The van der Waals surface area contributed by atoms with Crippen molar-refractivity contribution in [2.45, 2.75) is 0 Å². The third kappa shape index (κ3) is 2.73. The van der Waals surface area contributed by atoms with Crippen LogP contribution in [-0.2, 0) is 0 Å². The van der Waals surface area contributed by atoms with Crippen molar-refractivity contribution in [3.63, 3.8) is 0 Å². The van der Waals surface area contributed by atoms with Crippen molar-refractivity contribution in [3.05, 3.63) is 60.7 Å². The molecule has 3 aromatic carbocycles. The lowest BCUT2D eigenvalue weighted by Gasteiger charge is -2.07. The van der Waals surface area contributed by atoms with Crippen molar-refractivity contribution < 1.29 is 13.9 Å². The standard InChI is InChI=1S/C21H18N2O3/c1-24-18-6-4-3-5-15(18)13-7-10-20-17(12-13)23-21(26-20)14-8-9-19(25-2)16(22)11-14/h3-12H,22H2,1-2H3. The van der Waals surface area contributed by atoms with E-state index in [1.807, 2.05) is 48.5 Å². The number of nitrogens with zero attached hydrogens (tertiary/aromatic N) is 1. The quantitative estimate of drug-likeness (QED) is 0.539. The number of hydrogen-bond donors (Lipinski definition) is 1. The van der Waals surface area contributed by atoms with Crippen LogP contribution in [0.25, 0.3) is 33.7 Å². The van der Waals surface area contributed by atoms with Crippen molar-refractivity contribution in [2.24, 2.45) is 0 Å². The Morgan fingerprint density at radius 2 is 1.62 bits per heavy atom. The summed E-state index contributed by atoms with van der Waals surface area (Å²) < 4.78 is 16.5. The summed E-state index contributed by atoms with van der Waals surface area (Å²) in [4.78, 5) is 4.62. The molecule has 0 spiro atoms. The van der Waals surface area contributed by atoms with Crippen LogP contribution in [0.1, 0.15) is 0 Å². The Morgan fingerprint density at radius 3 is 2.38 bits per heavy atom. The lowest BCUT2D eigenvalue weighted by molar-refractivity contribution is 0.416. The largest absolute Gasteiger partial charge is 0.496 e. The first kappa shape index (κ1) is 16.0. The summed E-state index contributed by atoms with van der Waals surface area (Å²) >= 11 is 0. The molecule has 0 aliphatic carbocycles. The molecule has 0 aliphatic rings. The van der Waals surface area contributed by atoms with Crippen LogP contribution in [0.4, 0.5) is 5.69 Å². The second kappa shape index (κ2) is 6.44. The van der Waals surface area contributed by atoms with Crippen LogP contribution < -0.4 is 15.2 Å². The van der Waals surface area contributed by atoms with Crippen LogP contribution in [-0.4, -0.2) is 19.2 Å². The zero-order valence-electron chi connectivity index (χ0n) is 14.5. The van der Waals surface area contributed by atoms with Gasteiger partial charge in [0.05, 0.1) is 19.9 Å². The Labute approximate surface area is 151 Å². The molecule has 0 saturated heterocycles. The Morgan fingerprint density at radius 1 is 0.846 bits per heavy atom. The fourth-order valence-electron chi connectivity index (χ4n) is 2.97. The summed E-state index contributed by atoms with van der Waals surface area (Å²) in [6.45, 7) is 0. The van der Waals surface area contributed by atoms with E-state index >= 15 is 0 Å². The second-order valence-corrected chi connectivity index (χ2v) is 5.86. The van der Waals surface area contributed by atoms with Gasteiger partial charge < -0.3 is 19.6 Å². The van der Waals surface area contributed by atoms with Crippen molar-refractivity contribution >= 4 is 16.8 Å². The Balaban J connectivity index is 1.78. The predicted molar refractivity (Wildman–Crippen MR) is 102 cm³/mol. The zero-order chi connectivity index (χ0) is 18.1. The summed E-state index contributed by atoms with van der Waals surface area (Å²) in [5.74, 6) is 1.97. The number of oxazole rings is 1. The second-order valence-electron chi connectivity index (χ2n) is 5.86. The molecule has 0 unspecified atom stereocenters. The average molecular weight is 346 g/mol. The molecule has 0 aliphatic heterocycles. The predicted octanol–water partition coefficient (Wildman–Crippen LogP) is 4.76. The van der Waals surface area contributed by atoms with E-state index in [-0.39, 0.29) is 0 Å². The monoisotopic (exact) mass is 346 g/mol. The van der Waals surface area contributed by atoms with Gasteiger partial charge in [0.2, 0.25) is 5.89 Å². The van der Waals surface area contributed by atoms with Gasteiger partial charge in [0, 0.05) is 11.1 Å². The van der Waals surface area contributed by atoms with E-state index < -0.39 is 0 Å². The topological polar surface area (TPSA) is 70.5 Å². The maximum atomic E-state index is 5.99. The number of nitrogens with two attached hydrogens (primary N) is 1. The van der Waals surface area contributed by atoms with Crippen molar-refractivity contribution in [1.82, 2.24) is 4.98 Å². The molecule has 0 atom stereocenters. The van der Waals surface area contributed by atoms with Gasteiger partial charge in [-0.2, -0.15) is 0 Å². The Kier molecular flexibility index (Phi) is 3.97. The molecule has 1 aromatic heterocycles. The minimum absolute atomic E-state index is 0.520. The van der Waals surface area contributed by atoms with E-state index in [1.165, 1.54) is 0 Å². The zero-order valence-corrected chi connectivity index (χ0v) is 14.5. The highest BCUT2D eigenvalue weighted by atomic mass is 16.5. The van der Waals surface area contributed by atoms with Gasteiger partial charge in [0.25, 0.3) is 0 Å². The molecule has 0 saturated carbocycles. The normalized spacial score (nSPS) is 10.8.